The van der Waals surface area contributed by atoms with Gasteiger partial charge in [-0.1, -0.05) is 32.8 Å². The second-order valence-electron chi connectivity index (χ2n) is 4.47. The quantitative estimate of drug-likeness (QED) is 0.649. The maximum atomic E-state index is 5.71. The molecule has 0 saturated carbocycles. The summed E-state index contributed by atoms with van der Waals surface area (Å²) in [6.07, 6.45) is 8.73. The molecule has 88 valence electrons. The molecule has 0 aromatic heterocycles. The number of allylic oxidation sites excluding steroid dienone is 1. The standard InChI is InChI=1S/C13H24O2/c1-4-7-9-13(6-3)10-14-12(8-5-2)15-11-13/h5,8,12H,4,6-7,9-11H2,1-3H3/b8-5+. The normalized spacial score (nSPS) is 32.3. The smallest absolute Gasteiger partial charge is 0.176 e. The van der Waals surface area contributed by atoms with Gasteiger partial charge in [0, 0.05) is 5.41 Å². The van der Waals surface area contributed by atoms with Gasteiger partial charge in [-0.05, 0) is 25.8 Å². The molecule has 15 heavy (non-hydrogen) atoms. The van der Waals surface area contributed by atoms with Crippen molar-refractivity contribution in [2.24, 2.45) is 5.41 Å². The maximum Gasteiger partial charge on any atom is 0.176 e. The van der Waals surface area contributed by atoms with E-state index in [0.717, 1.165) is 19.6 Å². The molecule has 2 nitrogen and oxygen atoms in total. The Bertz CT molecular complexity index is 191. The first kappa shape index (κ1) is 12.7. The van der Waals surface area contributed by atoms with E-state index in [1.165, 1.54) is 19.3 Å². The molecule has 1 aliphatic rings. The van der Waals surface area contributed by atoms with Crippen LogP contribution in [-0.2, 0) is 9.47 Å². The van der Waals surface area contributed by atoms with E-state index in [9.17, 15) is 0 Å². The first-order valence-electron chi connectivity index (χ1n) is 6.12. The van der Waals surface area contributed by atoms with Gasteiger partial charge in [0.2, 0.25) is 0 Å². The highest BCUT2D eigenvalue weighted by Crippen LogP contribution is 2.33. The zero-order chi connectivity index (χ0) is 11.1. The first-order valence-corrected chi connectivity index (χ1v) is 6.12. The second-order valence-corrected chi connectivity index (χ2v) is 4.47. The zero-order valence-electron chi connectivity index (χ0n) is 10.3. The third-order valence-electron chi connectivity index (χ3n) is 3.27. The van der Waals surface area contributed by atoms with Crippen LogP contribution in [-0.4, -0.2) is 19.5 Å². The first-order chi connectivity index (χ1) is 7.26. The summed E-state index contributed by atoms with van der Waals surface area (Å²) < 4.78 is 11.4. The number of hydrogen-bond donors (Lipinski definition) is 0. The second kappa shape index (κ2) is 6.29. The lowest BCUT2D eigenvalue weighted by Gasteiger charge is -2.38. The fraction of sp³-hybridized carbons (Fsp3) is 0.846. The van der Waals surface area contributed by atoms with Crippen molar-refractivity contribution >= 4 is 0 Å². The van der Waals surface area contributed by atoms with Gasteiger partial charge < -0.3 is 9.47 Å². The molecule has 0 spiro atoms. The summed E-state index contributed by atoms with van der Waals surface area (Å²) in [6.45, 7) is 8.15. The topological polar surface area (TPSA) is 18.5 Å². The highest BCUT2D eigenvalue weighted by Gasteiger charge is 2.33. The number of ether oxygens (including phenoxy) is 2. The molecule has 0 aromatic carbocycles. The number of unbranched alkanes of at least 4 members (excludes halogenated alkanes) is 1. The molecule has 0 radical (unpaired) electrons. The van der Waals surface area contributed by atoms with Crippen molar-refractivity contribution in [2.75, 3.05) is 13.2 Å². The summed E-state index contributed by atoms with van der Waals surface area (Å²) in [4.78, 5) is 0. The van der Waals surface area contributed by atoms with E-state index in [2.05, 4.69) is 13.8 Å². The van der Waals surface area contributed by atoms with Crippen molar-refractivity contribution in [3.63, 3.8) is 0 Å². The Morgan fingerprint density at radius 3 is 2.40 bits per heavy atom. The van der Waals surface area contributed by atoms with Crippen molar-refractivity contribution in [1.29, 1.82) is 0 Å². The largest absolute Gasteiger partial charge is 0.348 e. The van der Waals surface area contributed by atoms with Crippen molar-refractivity contribution in [3.8, 4) is 0 Å². The number of hydrogen-bond acceptors (Lipinski definition) is 2. The van der Waals surface area contributed by atoms with Gasteiger partial charge in [0.05, 0.1) is 13.2 Å². The van der Waals surface area contributed by atoms with Crippen LogP contribution in [0.2, 0.25) is 0 Å². The van der Waals surface area contributed by atoms with Gasteiger partial charge in [-0.3, -0.25) is 0 Å². The minimum Gasteiger partial charge on any atom is -0.348 e. The van der Waals surface area contributed by atoms with Gasteiger partial charge >= 0.3 is 0 Å². The Hall–Kier alpha value is -0.340. The fourth-order valence-corrected chi connectivity index (χ4v) is 1.95. The molecule has 0 aliphatic carbocycles. The van der Waals surface area contributed by atoms with Gasteiger partial charge in [-0.25, -0.2) is 0 Å². The Morgan fingerprint density at radius 2 is 1.93 bits per heavy atom. The third kappa shape index (κ3) is 3.62. The molecule has 1 fully saturated rings. The number of rotatable bonds is 5. The lowest BCUT2D eigenvalue weighted by Crippen LogP contribution is -2.40. The van der Waals surface area contributed by atoms with Crippen LogP contribution in [0.1, 0.15) is 46.5 Å². The predicted octanol–water partition coefficient (Wildman–Crippen LogP) is 3.52. The van der Waals surface area contributed by atoms with E-state index >= 15 is 0 Å². The van der Waals surface area contributed by atoms with Gasteiger partial charge in [0.25, 0.3) is 0 Å². The Labute approximate surface area is 93.7 Å². The predicted molar refractivity (Wildman–Crippen MR) is 62.8 cm³/mol. The van der Waals surface area contributed by atoms with Crippen LogP contribution in [0.15, 0.2) is 12.2 Å². The van der Waals surface area contributed by atoms with Crippen molar-refractivity contribution in [2.45, 2.75) is 52.7 Å². The molecule has 0 unspecified atom stereocenters. The highest BCUT2D eigenvalue weighted by molar-refractivity contribution is 4.87. The summed E-state index contributed by atoms with van der Waals surface area (Å²) in [6, 6.07) is 0. The van der Waals surface area contributed by atoms with Crippen LogP contribution in [0.3, 0.4) is 0 Å². The Balaban J connectivity index is 2.43. The molecular weight excluding hydrogens is 188 g/mol. The molecule has 1 aliphatic heterocycles. The molecule has 1 saturated heterocycles. The molecule has 0 aromatic rings. The summed E-state index contributed by atoms with van der Waals surface area (Å²) in [7, 11) is 0. The van der Waals surface area contributed by atoms with Crippen molar-refractivity contribution in [3.05, 3.63) is 12.2 Å². The minimum absolute atomic E-state index is 0.115. The Kier molecular flexibility index (Phi) is 5.34. The summed E-state index contributed by atoms with van der Waals surface area (Å²) in [5.74, 6) is 0. The van der Waals surface area contributed by atoms with Gasteiger partial charge in [-0.15, -0.1) is 0 Å². The van der Waals surface area contributed by atoms with Gasteiger partial charge in [0.15, 0.2) is 6.29 Å². The van der Waals surface area contributed by atoms with E-state index in [0.29, 0.717) is 0 Å². The molecule has 2 heteroatoms. The van der Waals surface area contributed by atoms with E-state index in [1.807, 2.05) is 19.1 Å². The van der Waals surface area contributed by atoms with E-state index in [-0.39, 0.29) is 11.7 Å². The Morgan fingerprint density at radius 1 is 1.27 bits per heavy atom. The third-order valence-corrected chi connectivity index (χ3v) is 3.27. The summed E-state index contributed by atoms with van der Waals surface area (Å²) in [5, 5.41) is 0. The molecule has 1 rings (SSSR count). The fourth-order valence-electron chi connectivity index (χ4n) is 1.95. The van der Waals surface area contributed by atoms with Crippen LogP contribution >= 0.6 is 0 Å². The van der Waals surface area contributed by atoms with Crippen LogP contribution in [0.25, 0.3) is 0 Å². The monoisotopic (exact) mass is 212 g/mol. The maximum absolute atomic E-state index is 5.71. The highest BCUT2D eigenvalue weighted by atomic mass is 16.7. The SMILES string of the molecule is C/C=C/C1OCC(CC)(CCCC)CO1. The summed E-state index contributed by atoms with van der Waals surface area (Å²) in [5.41, 5.74) is 0.272. The van der Waals surface area contributed by atoms with Crippen molar-refractivity contribution in [1.82, 2.24) is 0 Å². The van der Waals surface area contributed by atoms with E-state index in [4.69, 9.17) is 9.47 Å². The van der Waals surface area contributed by atoms with Crippen molar-refractivity contribution < 1.29 is 9.47 Å². The minimum atomic E-state index is -0.115. The molecular formula is C13H24O2. The molecule has 1 heterocycles. The van der Waals surface area contributed by atoms with E-state index in [1.54, 1.807) is 0 Å². The average molecular weight is 212 g/mol. The van der Waals surface area contributed by atoms with Crippen LogP contribution < -0.4 is 0 Å². The molecule has 0 amide bonds. The molecule has 0 atom stereocenters. The average Bonchev–Trinajstić information content (AvgIpc) is 2.29. The summed E-state index contributed by atoms with van der Waals surface area (Å²) >= 11 is 0. The van der Waals surface area contributed by atoms with E-state index < -0.39 is 0 Å². The van der Waals surface area contributed by atoms with Gasteiger partial charge in [-0.2, -0.15) is 0 Å². The molecule has 0 N–H and O–H groups in total. The van der Waals surface area contributed by atoms with Gasteiger partial charge in [0.1, 0.15) is 0 Å². The zero-order valence-corrected chi connectivity index (χ0v) is 10.3. The van der Waals surface area contributed by atoms with Crippen LogP contribution in [0.5, 0.6) is 0 Å². The lowest BCUT2D eigenvalue weighted by atomic mass is 9.81. The lowest BCUT2D eigenvalue weighted by molar-refractivity contribution is -0.209. The molecule has 0 bridgehead atoms. The van der Waals surface area contributed by atoms with Crippen LogP contribution in [0.4, 0.5) is 0 Å². The van der Waals surface area contributed by atoms with Crippen LogP contribution in [0, 0.1) is 5.41 Å².